The Hall–Kier alpha value is -5.49. The number of piperazine rings is 1. The zero-order chi connectivity index (χ0) is 33.5. The van der Waals surface area contributed by atoms with Crippen LogP contribution < -0.4 is 10.2 Å². The molecule has 0 radical (unpaired) electrons. The van der Waals surface area contributed by atoms with Crippen molar-refractivity contribution in [2.24, 2.45) is 5.41 Å². The van der Waals surface area contributed by atoms with Gasteiger partial charge in [0.05, 0.1) is 35.9 Å². The summed E-state index contributed by atoms with van der Waals surface area (Å²) in [5.41, 5.74) is 4.56. The number of carbonyl (C=O) groups excluding carboxylic acids is 2. The maximum atomic E-state index is 13.9. The molecule has 12 heteroatoms. The number of fused-ring (bicyclic) bond motifs is 3. The number of likely N-dealkylation sites (tertiary alicyclic amines) is 2. The Bertz CT molecular complexity index is 2020. The number of hydrogen-bond donors (Lipinski definition) is 2. The summed E-state index contributed by atoms with van der Waals surface area (Å²) in [6.07, 6.45) is 9.70. The third kappa shape index (κ3) is 5.82. The molecule has 3 atom stereocenters. The molecule has 2 amide bonds. The minimum atomic E-state index is -0.673. The largest absolute Gasteiger partial charge is 0.365 e. The van der Waals surface area contributed by atoms with Crippen LogP contribution in [0.5, 0.6) is 0 Å². The first kappa shape index (κ1) is 30.8. The summed E-state index contributed by atoms with van der Waals surface area (Å²) in [5.74, 6) is 0.0638. The molecule has 3 fully saturated rings. The summed E-state index contributed by atoms with van der Waals surface area (Å²) in [6.45, 7) is 6.85. The van der Waals surface area contributed by atoms with Crippen molar-refractivity contribution in [3.05, 3.63) is 97.9 Å². The summed E-state index contributed by atoms with van der Waals surface area (Å²) in [4.78, 5) is 46.3. The summed E-state index contributed by atoms with van der Waals surface area (Å²) < 4.78 is 13.2. The van der Waals surface area contributed by atoms with Crippen molar-refractivity contribution in [2.45, 2.75) is 31.3 Å². The highest BCUT2D eigenvalue weighted by molar-refractivity contribution is 6.00. The fraction of sp³-hybridized carbons (Fsp3) is 0.297. The molecule has 0 saturated carbocycles. The molecule has 8 rings (SSSR count). The van der Waals surface area contributed by atoms with Gasteiger partial charge in [-0.05, 0) is 80.4 Å². The number of pyridine rings is 1. The zero-order valence-corrected chi connectivity index (χ0v) is 26.9. The van der Waals surface area contributed by atoms with E-state index in [1.807, 2.05) is 59.5 Å². The highest BCUT2D eigenvalue weighted by Crippen LogP contribution is 2.38. The van der Waals surface area contributed by atoms with Crippen LogP contribution in [0.4, 0.5) is 15.8 Å². The summed E-state index contributed by atoms with van der Waals surface area (Å²) in [6, 6.07) is 17.9. The van der Waals surface area contributed by atoms with E-state index < -0.39 is 11.2 Å². The number of halogens is 1. The summed E-state index contributed by atoms with van der Waals surface area (Å²) >= 11 is 0. The topological polar surface area (TPSA) is 123 Å². The van der Waals surface area contributed by atoms with E-state index in [2.05, 4.69) is 46.8 Å². The average molecular weight is 658 g/mol. The average Bonchev–Trinajstić information content (AvgIpc) is 3.93. The number of allylic oxidation sites excluding steroid dienone is 1. The highest BCUT2D eigenvalue weighted by atomic mass is 19.1. The monoisotopic (exact) mass is 657 g/mol. The Morgan fingerprint density at radius 3 is 2.55 bits per heavy atom. The van der Waals surface area contributed by atoms with Gasteiger partial charge in [0, 0.05) is 66.0 Å². The maximum Gasteiger partial charge on any atom is 0.237 e. The van der Waals surface area contributed by atoms with Crippen LogP contribution >= 0.6 is 0 Å². The van der Waals surface area contributed by atoms with Gasteiger partial charge in [0.25, 0.3) is 0 Å². The van der Waals surface area contributed by atoms with Gasteiger partial charge < -0.3 is 15.1 Å². The van der Waals surface area contributed by atoms with Gasteiger partial charge in [0.1, 0.15) is 5.69 Å². The van der Waals surface area contributed by atoms with Gasteiger partial charge in [-0.2, -0.15) is 5.10 Å². The van der Waals surface area contributed by atoms with Crippen molar-refractivity contribution in [2.75, 3.05) is 42.9 Å². The lowest BCUT2D eigenvalue weighted by Crippen LogP contribution is -2.51. The van der Waals surface area contributed by atoms with Gasteiger partial charge >= 0.3 is 0 Å². The van der Waals surface area contributed by atoms with Gasteiger partial charge in [-0.15, -0.1) is 6.58 Å². The number of amides is 2. The van der Waals surface area contributed by atoms with E-state index in [4.69, 9.17) is 0 Å². The first-order valence-corrected chi connectivity index (χ1v) is 16.6. The van der Waals surface area contributed by atoms with Gasteiger partial charge in [-0.25, -0.2) is 14.4 Å². The molecule has 0 aliphatic carbocycles. The molecule has 3 aliphatic heterocycles. The molecule has 5 aromatic rings. The van der Waals surface area contributed by atoms with Crippen LogP contribution in [-0.4, -0.2) is 91.6 Å². The molecule has 2 N–H and O–H groups in total. The molecule has 6 heterocycles. The second-order valence-corrected chi connectivity index (χ2v) is 13.3. The van der Waals surface area contributed by atoms with E-state index in [-0.39, 0.29) is 30.4 Å². The van der Waals surface area contributed by atoms with E-state index in [0.29, 0.717) is 44.0 Å². The van der Waals surface area contributed by atoms with E-state index >= 15 is 0 Å². The van der Waals surface area contributed by atoms with Crippen molar-refractivity contribution in [3.63, 3.8) is 0 Å². The van der Waals surface area contributed by atoms with Gasteiger partial charge in [0.15, 0.2) is 11.6 Å². The lowest BCUT2D eigenvalue weighted by atomic mass is 9.82. The Kier molecular flexibility index (Phi) is 7.87. The molecule has 1 unspecified atom stereocenters. The van der Waals surface area contributed by atoms with Crippen LogP contribution in [-0.2, 0) is 9.59 Å². The number of nitrogens with zero attached hydrogens (tertiary/aromatic N) is 7. The van der Waals surface area contributed by atoms with Crippen molar-refractivity contribution in [1.29, 1.82) is 0 Å². The second-order valence-electron chi connectivity index (χ2n) is 13.3. The van der Waals surface area contributed by atoms with E-state index in [0.717, 1.165) is 46.4 Å². The molecule has 11 nitrogen and oxygen atoms in total. The number of carbonyl (C=O) groups is 2. The molecule has 3 aromatic heterocycles. The Morgan fingerprint density at radius 2 is 1.82 bits per heavy atom. The van der Waals surface area contributed by atoms with Crippen LogP contribution in [0.15, 0.2) is 92.0 Å². The van der Waals surface area contributed by atoms with Crippen LogP contribution in [0.2, 0.25) is 0 Å². The van der Waals surface area contributed by atoms with Crippen LogP contribution in [0.1, 0.15) is 19.3 Å². The van der Waals surface area contributed by atoms with Crippen LogP contribution in [0, 0.1) is 11.2 Å². The SMILES string of the molecule is C=CCC1(C(=O)Nc2ccc3[nH]nc(-c4ccncc4)c3c2)CCN(CC(=O)N2C[C@H]3C[C@@H]2CN3c2ccc(-c3ncc(F)cn3)cc2)C1. The third-order valence-corrected chi connectivity index (χ3v) is 10.2. The number of hydrogen-bond acceptors (Lipinski definition) is 8. The van der Waals surface area contributed by atoms with Crippen molar-refractivity contribution in [3.8, 4) is 22.6 Å². The van der Waals surface area contributed by atoms with Crippen molar-refractivity contribution in [1.82, 2.24) is 34.9 Å². The van der Waals surface area contributed by atoms with E-state index in [1.165, 1.54) is 12.4 Å². The molecular formula is C37H36FN9O2. The fourth-order valence-electron chi connectivity index (χ4n) is 7.73. The molecule has 3 saturated heterocycles. The lowest BCUT2D eigenvalue weighted by Gasteiger charge is -2.36. The van der Waals surface area contributed by atoms with Crippen molar-refractivity contribution >= 4 is 34.1 Å². The summed E-state index contributed by atoms with van der Waals surface area (Å²) in [7, 11) is 0. The van der Waals surface area contributed by atoms with Crippen LogP contribution in [0.25, 0.3) is 33.5 Å². The number of aromatic nitrogens is 5. The van der Waals surface area contributed by atoms with Crippen LogP contribution in [0.3, 0.4) is 0 Å². The standard InChI is InChI=1S/C37H36FN9O2/c1-2-11-37(36(49)42-27-5-8-32-31(16-27)34(44-43-32)24-9-13-39-14-10-24)12-15-45(23-37)22-33(48)47-21-29-17-30(47)20-46(29)28-6-3-25(4-7-28)35-40-18-26(38)19-41-35/h2-10,13-14,16,18-19,29-30H,1,11-12,15,17,20-23H2,(H,42,49)(H,43,44)/t29-,30-,37?/m1/s1. The Balaban J connectivity index is 0.892. The molecular weight excluding hydrogens is 621 g/mol. The first-order chi connectivity index (χ1) is 23.9. The number of anilines is 2. The van der Waals surface area contributed by atoms with Gasteiger partial charge in [0.2, 0.25) is 11.8 Å². The molecule has 3 aliphatic rings. The molecule has 2 bridgehead atoms. The van der Waals surface area contributed by atoms with E-state index in [1.54, 1.807) is 18.5 Å². The maximum absolute atomic E-state index is 13.9. The lowest BCUT2D eigenvalue weighted by molar-refractivity contribution is -0.134. The predicted molar refractivity (Wildman–Crippen MR) is 185 cm³/mol. The number of benzene rings is 2. The normalized spacial score (nSPS) is 21.8. The molecule has 0 spiro atoms. The Morgan fingerprint density at radius 1 is 1.02 bits per heavy atom. The quantitative estimate of drug-likeness (QED) is 0.214. The zero-order valence-electron chi connectivity index (χ0n) is 26.9. The van der Waals surface area contributed by atoms with Gasteiger partial charge in [-0.3, -0.25) is 24.6 Å². The number of aromatic amines is 1. The smallest absolute Gasteiger partial charge is 0.237 e. The number of nitrogens with one attached hydrogen (secondary N) is 2. The third-order valence-electron chi connectivity index (χ3n) is 10.2. The Labute approximate surface area is 282 Å². The molecule has 49 heavy (non-hydrogen) atoms. The molecule has 248 valence electrons. The van der Waals surface area contributed by atoms with Crippen molar-refractivity contribution < 1.29 is 14.0 Å². The second kappa shape index (κ2) is 12.5. The van der Waals surface area contributed by atoms with Gasteiger partial charge in [-0.1, -0.05) is 6.08 Å². The molecule has 2 aromatic carbocycles. The minimum absolute atomic E-state index is 0.0662. The number of rotatable bonds is 9. The number of H-pyrrole nitrogens is 1. The highest BCUT2D eigenvalue weighted by Gasteiger charge is 2.47. The van der Waals surface area contributed by atoms with E-state index in [9.17, 15) is 14.0 Å². The fourth-order valence-corrected chi connectivity index (χ4v) is 7.73. The predicted octanol–water partition coefficient (Wildman–Crippen LogP) is 4.92. The minimum Gasteiger partial charge on any atom is -0.365 e. The first-order valence-electron chi connectivity index (χ1n) is 16.6. The summed E-state index contributed by atoms with van der Waals surface area (Å²) in [5, 5.41) is 11.6.